The van der Waals surface area contributed by atoms with Gasteiger partial charge in [0.25, 0.3) is 5.91 Å². The Morgan fingerprint density at radius 3 is 2.43 bits per heavy atom. The summed E-state index contributed by atoms with van der Waals surface area (Å²) in [6.45, 7) is 1.74. The van der Waals surface area contributed by atoms with Crippen molar-refractivity contribution in [3.63, 3.8) is 0 Å². The molecule has 21 heavy (non-hydrogen) atoms. The fourth-order valence-corrected chi connectivity index (χ4v) is 3.30. The van der Waals surface area contributed by atoms with E-state index in [2.05, 4.69) is 10.4 Å². The lowest BCUT2D eigenvalue weighted by atomic mass is 9.71. The van der Waals surface area contributed by atoms with Gasteiger partial charge in [0.15, 0.2) is 0 Å². The second-order valence-corrected chi connectivity index (χ2v) is 5.82. The zero-order valence-electron chi connectivity index (χ0n) is 12.2. The molecule has 2 heterocycles. The van der Waals surface area contributed by atoms with E-state index in [-0.39, 0.29) is 0 Å². The Labute approximate surface area is 122 Å². The van der Waals surface area contributed by atoms with Crippen LogP contribution < -0.4 is 10.2 Å². The average molecular weight is 290 g/mol. The molecule has 0 aromatic carbocycles. The number of nitrogens with one attached hydrogen (secondary N) is 1. The summed E-state index contributed by atoms with van der Waals surface area (Å²) in [6, 6.07) is -0.683. The Morgan fingerprint density at radius 2 is 1.86 bits per heavy atom. The van der Waals surface area contributed by atoms with E-state index >= 15 is 0 Å². The van der Waals surface area contributed by atoms with E-state index in [4.69, 9.17) is 0 Å². The van der Waals surface area contributed by atoms with E-state index in [1.54, 1.807) is 24.9 Å². The molecule has 0 bridgehead atoms. The smallest absolute Gasteiger partial charge is 0.276 e. The molecule has 0 atom stereocenters. The number of anilines is 1. The summed E-state index contributed by atoms with van der Waals surface area (Å²) in [7, 11) is 1.73. The summed E-state index contributed by atoms with van der Waals surface area (Å²) in [4.78, 5) is 38.4. The van der Waals surface area contributed by atoms with E-state index in [1.807, 2.05) is 0 Å². The number of hydrogen-bond donors (Lipinski definition) is 1. The van der Waals surface area contributed by atoms with Gasteiger partial charge in [-0.15, -0.1) is 0 Å². The third-order valence-corrected chi connectivity index (χ3v) is 4.41. The highest BCUT2D eigenvalue weighted by Gasteiger charge is 2.54. The molecule has 7 nitrogen and oxygen atoms in total. The van der Waals surface area contributed by atoms with Gasteiger partial charge in [-0.2, -0.15) is 5.10 Å². The lowest BCUT2D eigenvalue weighted by molar-refractivity contribution is -0.144. The summed E-state index contributed by atoms with van der Waals surface area (Å²) in [6.07, 6.45) is 5.29. The number of aromatic nitrogens is 2. The number of amides is 4. The van der Waals surface area contributed by atoms with Crippen molar-refractivity contribution in [3.8, 4) is 0 Å². The number of imide groups is 2. The van der Waals surface area contributed by atoms with E-state index in [1.165, 1.54) is 0 Å². The molecule has 112 valence electrons. The maximum Gasteiger partial charge on any atom is 0.335 e. The minimum atomic E-state index is -1.09. The maximum absolute atomic E-state index is 12.9. The zero-order chi connectivity index (χ0) is 15.2. The minimum Gasteiger partial charge on any atom is -0.276 e. The Bertz CT molecular complexity index is 628. The SMILES string of the molecule is Cc1nn(C)cc1N1C(=O)NC(=O)C2(CCCCC2)C1=O. The van der Waals surface area contributed by atoms with Crippen molar-refractivity contribution in [1.82, 2.24) is 15.1 Å². The van der Waals surface area contributed by atoms with Gasteiger partial charge in [-0.25, -0.2) is 9.69 Å². The third-order valence-electron chi connectivity index (χ3n) is 4.41. The predicted molar refractivity (Wildman–Crippen MR) is 74.5 cm³/mol. The van der Waals surface area contributed by atoms with Gasteiger partial charge in [0.2, 0.25) is 5.91 Å². The lowest BCUT2D eigenvalue weighted by Crippen LogP contribution is -2.64. The second kappa shape index (κ2) is 4.68. The third kappa shape index (κ3) is 1.95. The molecule has 2 fully saturated rings. The first kappa shape index (κ1) is 13.8. The number of rotatable bonds is 1. The van der Waals surface area contributed by atoms with Gasteiger partial charge in [-0.3, -0.25) is 19.6 Å². The van der Waals surface area contributed by atoms with E-state index < -0.39 is 23.3 Å². The van der Waals surface area contributed by atoms with E-state index in [0.29, 0.717) is 24.2 Å². The van der Waals surface area contributed by atoms with Crippen molar-refractivity contribution in [1.29, 1.82) is 0 Å². The van der Waals surface area contributed by atoms with Crippen molar-refractivity contribution >= 4 is 23.5 Å². The van der Waals surface area contributed by atoms with Gasteiger partial charge in [0.1, 0.15) is 5.41 Å². The molecule has 1 spiro atoms. The highest BCUT2D eigenvalue weighted by Crippen LogP contribution is 2.41. The lowest BCUT2D eigenvalue weighted by Gasteiger charge is -2.41. The Balaban J connectivity index is 2.04. The first-order valence-corrected chi connectivity index (χ1v) is 7.16. The van der Waals surface area contributed by atoms with Crippen LogP contribution in [0, 0.1) is 12.3 Å². The van der Waals surface area contributed by atoms with Gasteiger partial charge in [0.05, 0.1) is 11.4 Å². The van der Waals surface area contributed by atoms with Crippen molar-refractivity contribution in [2.24, 2.45) is 12.5 Å². The first-order chi connectivity index (χ1) is 9.95. The van der Waals surface area contributed by atoms with Crippen LogP contribution in [0.25, 0.3) is 0 Å². The van der Waals surface area contributed by atoms with Crippen molar-refractivity contribution in [2.75, 3.05) is 4.90 Å². The van der Waals surface area contributed by atoms with Gasteiger partial charge in [-0.1, -0.05) is 19.3 Å². The van der Waals surface area contributed by atoms with Gasteiger partial charge in [-0.05, 0) is 19.8 Å². The number of nitrogens with zero attached hydrogens (tertiary/aromatic N) is 3. The van der Waals surface area contributed by atoms with Crippen LogP contribution in [0.1, 0.15) is 37.8 Å². The van der Waals surface area contributed by atoms with Crippen LogP contribution in [0.3, 0.4) is 0 Å². The molecule has 1 aliphatic heterocycles. The quantitative estimate of drug-likeness (QED) is 0.789. The zero-order valence-corrected chi connectivity index (χ0v) is 12.2. The molecular weight excluding hydrogens is 272 g/mol. The molecule has 1 aromatic heterocycles. The Kier molecular flexibility index (Phi) is 3.07. The van der Waals surface area contributed by atoms with Crippen LogP contribution in [-0.4, -0.2) is 27.6 Å². The average Bonchev–Trinajstić information content (AvgIpc) is 2.77. The van der Waals surface area contributed by atoms with Crippen LogP contribution in [-0.2, 0) is 16.6 Å². The van der Waals surface area contributed by atoms with Crippen LogP contribution in [0.4, 0.5) is 10.5 Å². The number of barbiturate groups is 1. The summed E-state index contributed by atoms with van der Waals surface area (Å²) in [5.74, 6) is -0.859. The van der Waals surface area contributed by atoms with E-state index in [0.717, 1.165) is 24.2 Å². The number of urea groups is 1. The van der Waals surface area contributed by atoms with Crippen LogP contribution in [0.5, 0.6) is 0 Å². The topological polar surface area (TPSA) is 84.3 Å². The van der Waals surface area contributed by atoms with Crippen LogP contribution in [0.15, 0.2) is 6.20 Å². The van der Waals surface area contributed by atoms with Crippen LogP contribution in [0.2, 0.25) is 0 Å². The molecule has 7 heteroatoms. The Morgan fingerprint density at radius 1 is 1.19 bits per heavy atom. The molecule has 2 aliphatic rings. The van der Waals surface area contributed by atoms with Crippen LogP contribution >= 0.6 is 0 Å². The Hall–Kier alpha value is -2.18. The molecule has 1 N–H and O–H groups in total. The van der Waals surface area contributed by atoms with Gasteiger partial charge < -0.3 is 0 Å². The maximum atomic E-state index is 12.9. The number of hydrogen-bond acceptors (Lipinski definition) is 4. The molecular formula is C14H18N4O3. The summed E-state index contributed by atoms with van der Waals surface area (Å²) < 4.78 is 1.55. The van der Waals surface area contributed by atoms with Gasteiger partial charge in [0, 0.05) is 13.2 Å². The molecule has 0 unspecified atom stereocenters. The monoisotopic (exact) mass is 290 g/mol. The standard InChI is InChI=1S/C14H18N4O3/c1-9-10(8-17(2)16-9)18-12(20)14(6-4-3-5-7-14)11(19)15-13(18)21/h8H,3-7H2,1-2H3,(H,15,19,21). The fourth-order valence-electron chi connectivity index (χ4n) is 3.30. The minimum absolute atomic E-state index is 0.410. The highest BCUT2D eigenvalue weighted by molar-refractivity contribution is 6.30. The highest BCUT2D eigenvalue weighted by atomic mass is 16.2. The molecule has 1 aromatic rings. The molecule has 3 rings (SSSR count). The van der Waals surface area contributed by atoms with E-state index in [9.17, 15) is 14.4 Å². The predicted octanol–water partition coefficient (Wildman–Crippen LogP) is 1.26. The van der Waals surface area contributed by atoms with Gasteiger partial charge >= 0.3 is 6.03 Å². The first-order valence-electron chi connectivity index (χ1n) is 7.16. The summed E-state index contributed by atoms with van der Waals surface area (Å²) in [5, 5.41) is 6.51. The molecule has 0 radical (unpaired) electrons. The number of aryl methyl sites for hydroxylation is 2. The number of carbonyl (C=O) groups excluding carboxylic acids is 3. The van der Waals surface area contributed by atoms with Crippen molar-refractivity contribution in [2.45, 2.75) is 39.0 Å². The molecule has 1 saturated carbocycles. The van der Waals surface area contributed by atoms with Crippen molar-refractivity contribution < 1.29 is 14.4 Å². The summed E-state index contributed by atoms with van der Waals surface area (Å²) in [5.41, 5.74) is -0.0622. The number of carbonyl (C=O) groups is 3. The van der Waals surface area contributed by atoms with Crippen molar-refractivity contribution in [3.05, 3.63) is 11.9 Å². The summed E-state index contributed by atoms with van der Waals surface area (Å²) >= 11 is 0. The molecule has 4 amide bonds. The fraction of sp³-hybridized carbons (Fsp3) is 0.571. The normalized spacial score (nSPS) is 21.8. The largest absolute Gasteiger partial charge is 0.335 e. The molecule has 1 saturated heterocycles. The molecule has 1 aliphatic carbocycles. The second-order valence-electron chi connectivity index (χ2n) is 5.82.